The van der Waals surface area contributed by atoms with Crippen molar-refractivity contribution in [3.05, 3.63) is 35.9 Å². The first-order valence-electron chi connectivity index (χ1n) is 5.75. The Morgan fingerprint density at radius 2 is 2.06 bits per heavy atom. The van der Waals surface area contributed by atoms with Crippen LogP contribution < -0.4 is 5.32 Å². The monoisotopic (exact) mass is 229 g/mol. The van der Waals surface area contributed by atoms with Crippen LogP contribution in [0.5, 0.6) is 0 Å². The van der Waals surface area contributed by atoms with Crippen molar-refractivity contribution in [3.63, 3.8) is 0 Å². The van der Waals surface area contributed by atoms with Crippen molar-refractivity contribution in [1.82, 2.24) is 5.32 Å². The number of carboxylic acid groups (broad SMARTS) is 1. The molecule has 0 radical (unpaired) electrons. The van der Waals surface area contributed by atoms with Crippen LogP contribution in [0.2, 0.25) is 0 Å². The Morgan fingerprint density at radius 1 is 1.35 bits per heavy atom. The van der Waals surface area contributed by atoms with E-state index in [1.807, 2.05) is 30.3 Å². The zero-order valence-electron chi connectivity index (χ0n) is 9.57. The molecule has 3 nitrogen and oxygen atoms in total. The van der Waals surface area contributed by atoms with Crippen LogP contribution in [0.4, 0.5) is 0 Å². The molecule has 0 saturated heterocycles. The molecule has 1 aliphatic rings. The molecule has 1 saturated carbocycles. The second-order valence-electron chi connectivity index (χ2n) is 4.26. The number of benzene rings is 1. The quantitative estimate of drug-likeness (QED) is 0.775. The van der Waals surface area contributed by atoms with E-state index in [2.05, 4.69) is 17.2 Å². The van der Waals surface area contributed by atoms with E-state index in [-0.39, 0.29) is 0 Å². The fraction of sp³-hybridized carbons (Fsp3) is 0.357. The molecule has 0 amide bonds. The lowest BCUT2D eigenvalue weighted by atomic mass is 9.77. The molecular formula is C14H15NO2. The smallest absolute Gasteiger partial charge is 0.323 e. The number of carboxylic acids is 1. The normalized spacial score (nSPS) is 16.5. The van der Waals surface area contributed by atoms with E-state index >= 15 is 0 Å². The zero-order chi connectivity index (χ0) is 12.1. The highest BCUT2D eigenvalue weighted by Crippen LogP contribution is 2.31. The highest BCUT2D eigenvalue weighted by atomic mass is 16.4. The minimum absolute atomic E-state index is 0.418. The summed E-state index contributed by atoms with van der Waals surface area (Å²) in [5, 5.41) is 12.1. The predicted molar refractivity (Wildman–Crippen MR) is 65.5 cm³/mol. The highest BCUT2D eigenvalue weighted by molar-refractivity contribution is 5.80. The molecule has 1 fully saturated rings. The Labute approximate surface area is 101 Å². The Hall–Kier alpha value is -1.79. The van der Waals surface area contributed by atoms with Gasteiger partial charge in [0, 0.05) is 5.56 Å². The van der Waals surface area contributed by atoms with Crippen LogP contribution in [-0.4, -0.2) is 23.2 Å². The standard InChI is InChI=1S/C14H15NO2/c16-13(17)14(9-5-10-14)15-11-4-8-12-6-2-1-3-7-12/h1-3,6-7,15H,5,9-11H2,(H,16,17). The van der Waals surface area contributed by atoms with Gasteiger partial charge in [0.05, 0.1) is 6.54 Å². The fourth-order valence-corrected chi connectivity index (χ4v) is 1.88. The molecule has 0 aromatic heterocycles. The number of aliphatic carboxylic acids is 1. The first-order chi connectivity index (χ1) is 8.23. The van der Waals surface area contributed by atoms with Crippen molar-refractivity contribution in [2.45, 2.75) is 24.8 Å². The Bertz CT molecular complexity index is 452. The first-order valence-corrected chi connectivity index (χ1v) is 5.75. The van der Waals surface area contributed by atoms with Crippen molar-refractivity contribution >= 4 is 5.97 Å². The van der Waals surface area contributed by atoms with Crippen molar-refractivity contribution in [3.8, 4) is 11.8 Å². The van der Waals surface area contributed by atoms with E-state index in [1.54, 1.807) is 0 Å². The highest BCUT2D eigenvalue weighted by Gasteiger charge is 2.43. The minimum atomic E-state index is -0.759. The summed E-state index contributed by atoms with van der Waals surface area (Å²) < 4.78 is 0. The number of rotatable bonds is 3. The second-order valence-corrected chi connectivity index (χ2v) is 4.26. The van der Waals surface area contributed by atoms with E-state index < -0.39 is 11.5 Å². The molecule has 3 heteroatoms. The van der Waals surface area contributed by atoms with E-state index in [9.17, 15) is 4.79 Å². The van der Waals surface area contributed by atoms with Crippen molar-refractivity contribution < 1.29 is 9.90 Å². The van der Waals surface area contributed by atoms with Crippen LogP contribution in [-0.2, 0) is 4.79 Å². The van der Waals surface area contributed by atoms with Crippen LogP contribution in [0.25, 0.3) is 0 Å². The van der Waals surface area contributed by atoms with Crippen molar-refractivity contribution in [1.29, 1.82) is 0 Å². The number of hydrogen-bond donors (Lipinski definition) is 2. The van der Waals surface area contributed by atoms with Gasteiger partial charge in [-0.15, -0.1) is 0 Å². The molecule has 0 heterocycles. The molecule has 0 bridgehead atoms. The molecule has 1 aromatic carbocycles. The van der Waals surface area contributed by atoms with Gasteiger partial charge in [0.25, 0.3) is 0 Å². The molecule has 0 spiro atoms. The largest absolute Gasteiger partial charge is 0.480 e. The van der Waals surface area contributed by atoms with Gasteiger partial charge in [-0.2, -0.15) is 0 Å². The number of hydrogen-bond acceptors (Lipinski definition) is 2. The van der Waals surface area contributed by atoms with Gasteiger partial charge in [-0.05, 0) is 31.4 Å². The summed E-state index contributed by atoms with van der Waals surface area (Å²) in [5.41, 5.74) is 0.234. The van der Waals surface area contributed by atoms with E-state index in [0.717, 1.165) is 12.0 Å². The molecule has 1 aliphatic carbocycles. The summed E-state index contributed by atoms with van der Waals surface area (Å²) in [5.74, 6) is 5.20. The lowest BCUT2D eigenvalue weighted by molar-refractivity contribution is -0.148. The van der Waals surface area contributed by atoms with Gasteiger partial charge in [-0.1, -0.05) is 30.0 Å². The maximum absolute atomic E-state index is 11.1. The summed E-state index contributed by atoms with van der Waals surface area (Å²) in [6.07, 6.45) is 2.39. The topological polar surface area (TPSA) is 49.3 Å². The van der Waals surface area contributed by atoms with E-state index in [4.69, 9.17) is 5.11 Å². The van der Waals surface area contributed by atoms with E-state index in [0.29, 0.717) is 19.4 Å². The van der Waals surface area contributed by atoms with Gasteiger partial charge in [0.2, 0.25) is 0 Å². The first kappa shape index (κ1) is 11.7. The van der Waals surface area contributed by atoms with Crippen molar-refractivity contribution in [2.75, 3.05) is 6.54 Å². The molecule has 0 atom stereocenters. The summed E-state index contributed by atoms with van der Waals surface area (Å²) in [7, 11) is 0. The SMILES string of the molecule is O=C(O)C1(NCC#Cc2ccccc2)CCC1. The average Bonchev–Trinajstić information content (AvgIpc) is 2.27. The summed E-state index contributed by atoms with van der Waals surface area (Å²) in [6.45, 7) is 0.418. The average molecular weight is 229 g/mol. The Morgan fingerprint density at radius 3 is 2.59 bits per heavy atom. The van der Waals surface area contributed by atoms with Crippen LogP contribution in [0, 0.1) is 11.8 Å². The molecule has 88 valence electrons. The number of nitrogens with one attached hydrogen (secondary N) is 1. The van der Waals surface area contributed by atoms with Crippen LogP contribution in [0.1, 0.15) is 24.8 Å². The summed E-state index contributed by atoms with van der Waals surface area (Å²) in [4.78, 5) is 11.1. The molecule has 0 aliphatic heterocycles. The van der Waals surface area contributed by atoms with Gasteiger partial charge >= 0.3 is 5.97 Å². The van der Waals surface area contributed by atoms with Crippen LogP contribution in [0.3, 0.4) is 0 Å². The molecule has 2 N–H and O–H groups in total. The second kappa shape index (κ2) is 5.03. The maximum Gasteiger partial charge on any atom is 0.323 e. The Kier molecular flexibility index (Phi) is 3.46. The van der Waals surface area contributed by atoms with E-state index in [1.165, 1.54) is 0 Å². The van der Waals surface area contributed by atoms with Gasteiger partial charge in [0.15, 0.2) is 0 Å². The lowest BCUT2D eigenvalue weighted by Crippen LogP contribution is -2.57. The lowest BCUT2D eigenvalue weighted by Gasteiger charge is -2.37. The number of carbonyl (C=O) groups is 1. The van der Waals surface area contributed by atoms with Crippen LogP contribution >= 0.6 is 0 Å². The zero-order valence-corrected chi connectivity index (χ0v) is 9.57. The van der Waals surface area contributed by atoms with Gasteiger partial charge in [-0.25, -0.2) is 0 Å². The van der Waals surface area contributed by atoms with Gasteiger partial charge in [-0.3, -0.25) is 10.1 Å². The third-order valence-corrected chi connectivity index (χ3v) is 3.14. The molecule has 0 unspecified atom stereocenters. The van der Waals surface area contributed by atoms with Gasteiger partial charge in [0.1, 0.15) is 5.54 Å². The fourth-order valence-electron chi connectivity index (χ4n) is 1.88. The molecule has 2 rings (SSSR count). The van der Waals surface area contributed by atoms with Crippen LogP contribution in [0.15, 0.2) is 30.3 Å². The molecule has 1 aromatic rings. The predicted octanol–water partition coefficient (Wildman–Crippen LogP) is 1.63. The minimum Gasteiger partial charge on any atom is -0.480 e. The third kappa shape index (κ3) is 2.66. The molecule has 17 heavy (non-hydrogen) atoms. The molecular weight excluding hydrogens is 214 g/mol. The van der Waals surface area contributed by atoms with Gasteiger partial charge < -0.3 is 5.11 Å². The summed E-state index contributed by atoms with van der Waals surface area (Å²) in [6, 6.07) is 9.67. The van der Waals surface area contributed by atoms with Crippen molar-refractivity contribution in [2.24, 2.45) is 0 Å². The summed E-state index contributed by atoms with van der Waals surface area (Å²) >= 11 is 0. The third-order valence-electron chi connectivity index (χ3n) is 3.14. The Balaban J connectivity index is 1.88. The maximum atomic E-state index is 11.1.